The van der Waals surface area contributed by atoms with Gasteiger partial charge in [-0.3, -0.25) is 0 Å². The molecule has 3 aliphatic carbocycles. The molecule has 46 valence electrons. The molecule has 0 spiro atoms. The molecule has 3 fully saturated rings. The Bertz CT molecular complexity index is 183. The molecule has 0 amide bonds. The summed E-state index contributed by atoms with van der Waals surface area (Å²) >= 11 is 0. The van der Waals surface area contributed by atoms with Gasteiger partial charge in [-0.15, -0.1) is 0 Å². The number of fused-ring (bicyclic) bond motifs is 1. The molecular formula is C7H12O. The van der Waals surface area contributed by atoms with Crippen molar-refractivity contribution in [2.45, 2.75) is 31.7 Å². The molecule has 1 atom stereocenters. The van der Waals surface area contributed by atoms with Gasteiger partial charge in [0.05, 0.1) is 5.60 Å². The van der Waals surface area contributed by atoms with Crippen molar-refractivity contribution in [1.82, 2.24) is 0 Å². The zero-order valence-electron chi connectivity index (χ0n) is 7.72. The average molecular weight is 115 g/mol. The van der Waals surface area contributed by atoms with Crippen LogP contribution in [0.4, 0.5) is 0 Å². The molecule has 0 radical (unpaired) electrons. The quantitative estimate of drug-likeness (QED) is 0.502. The van der Waals surface area contributed by atoms with Crippen molar-refractivity contribution >= 4 is 0 Å². The van der Waals surface area contributed by atoms with Gasteiger partial charge in [0.2, 0.25) is 0 Å². The average Bonchev–Trinajstić information content (AvgIpc) is 2.14. The summed E-state index contributed by atoms with van der Waals surface area (Å²) in [6.45, 7) is -2.16. The molecule has 0 saturated heterocycles. The van der Waals surface area contributed by atoms with Gasteiger partial charge >= 0.3 is 0 Å². The van der Waals surface area contributed by atoms with Crippen molar-refractivity contribution in [3.8, 4) is 0 Å². The number of rotatable bonds is 0. The van der Waals surface area contributed by atoms with E-state index in [2.05, 4.69) is 0 Å². The zero-order valence-corrected chi connectivity index (χ0v) is 4.72. The lowest BCUT2D eigenvalue weighted by atomic mass is 9.82. The summed E-state index contributed by atoms with van der Waals surface area (Å²) < 4.78 is 21.5. The van der Waals surface area contributed by atoms with Crippen LogP contribution in [0.1, 0.15) is 30.2 Å². The summed E-state index contributed by atoms with van der Waals surface area (Å²) in [5.41, 5.74) is -1.34. The van der Waals surface area contributed by atoms with E-state index in [1.54, 1.807) is 0 Å². The SMILES string of the molecule is [2H]C([2H])([2H])C1(O)CC2CC1C2. The third-order valence-corrected chi connectivity index (χ3v) is 2.51. The van der Waals surface area contributed by atoms with Crippen LogP contribution < -0.4 is 0 Å². The molecule has 1 heteroatoms. The van der Waals surface area contributed by atoms with Gasteiger partial charge in [-0.2, -0.15) is 0 Å². The van der Waals surface area contributed by atoms with Crippen LogP contribution in [-0.4, -0.2) is 10.7 Å². The maximum absolute atomic E-state index is 9.78. The van der Waals surface area contributed by atoms with Crippen LogP contribution in [0.2, 0.25) is 0 Å². The van der Waals surface area contributed by atoms with E-state index in [-0.39, 0.29) is 5.92 Å². The van der Waals surface area contributed by atoms with Crippen molar-refractivity contribution in [3.05, 3.63) is 0 Å². The van der Waals surface area contributed by atoms with Crippen molar-refractivity contribution in [3.63, 3.8) is 0 Å². The van der Waals surface area contributed by atoms with E-state index in [9.17, 15) is 5.11 Å². The maximum atomic E-state index is 9.78. The van der Waals surface area contributed by atoms with Gasteiger partial charge in [-0.05, 0) is 38.0 Å². The normalized spacial score (nSPS) is 67.9. The van der Waals surface area contributed by atoms with Gasteiger partial charge in [-0.1, -0.05) is 0 Å². The molecule has 3 rings (SSSR count). The van der Waals surface area contributed by atoms with E-state index in [1.807, 2.05) is 0 Å². The van der Waals surface area contributed by atoms with Crippen LogP contribution in [0.5, 0.6) is 0 Å². The first-order valence-corrected chi connectivity index (χ1v) is 3.16. The lowest BCUT2D eigenvalue weighted by Crippen LogP contribution is -2.27. The highest BCUT2D eigenvalue weighted by molar-refractivity contribution is 5.02. The number of hydrogen-bond donors (Lipinski definition) is 1. The fourth-order valence-electron chi connectivity index (χ4n) is 1.90. The summed E-state index contributed by atoms with van der Waals surface area (Å²) in [6, 6.07) is 0. The first-order valence-electron chi connectivity index (χ1n) is 4.66. The fraction of sp³-hybridized carbons (Fsp3) is 1.00. The molecule has 1 N–H and O–H groups in total. The zero-order chi connectivity index (χ0) is 8.28. The summed E-state index contributed by atoms with van der Waals surface area (Å²) in [4.78, 5) is 0. The highest BCUT2D eigenvalue weighted by Gasteiger charge is 2.51. The highest BCUT2D eigenvalue weighted by atomic mass is 16.3. The lowest BCUT2D eigenvalue weighted by molar-refractivity contribution is 0.0288. The fourth-order valence-corrected chi connectivity index (χ4v) is 1.90. The van der Waals surface area contributed by atoms with Gasteiger partial charge in [0.15, 0.2) is 0 Å². The molecular weight excluding hydrogens is 100 g/mol. The minimum atomic E-state index is -2.16. The third-order valence-electron chi connectivity index (χ3n) is 2.51. The Morgan fingerprint density at radius 2 is 2.50 bits per heavy atom. The van der Waals surface area contributed by atoms with Gasteiger partial charge in [0.1, 0.15) is 0 Å². The molecule has 0 aliphatic heterocycles. The van der Waals surface area contributed by atoms with Crippen molar-refractivity contribution in [2.75, 3.05) is 0 Å². The minimum Gasteiger partial charge on any atom is -0.390 e. The van der Waals surface area contributed by atoms with E-state index < -0.39 is 12.5 Å². The van der Waals surface area contributed by atoms with E-state index in [1.165, 1.54) is 0 Å². The van der Waals surface area contributed by atoms with Crippen LogP contribution in [0.25, 0.3) is 0 Å². The molecule has 0 aromatic rings. The first-order chi connectivity index (χ1) is 4.93. The topological polar surface area (TPSA) is 20.2 Å². The first kappa shape index (κ1) is 2.70. The molecule has 1 nitrogen and oxygen atoms in total. The van der Waals surface area contributed by atoms with Crippen molar-refractivity contribution in [1.29, 1.82) is 0 Å². The summed E-state index contributed by atoms with van der Waals surface area (Å²) in [5, 5.41) is 9.78. The van der Waals surface area contributed by atoms with Gasteiger partial charge < -0.3 is 5.11 Å². The molecule has 0 aromatic heterocycles. The van der Waals surface area contributed by atoms with E-state index >= 15 is 0 Å². The molecule has 0 heterocycles. The lowest BCUT2D eigenvalue weighted by Gasteiger charge is -2.27. The monoisotopic (exact) mass is 115 g/mol. The predicted molar refractivity (Wildman–Crippen MR) is 31.5 cm³/mol. The van der Waals surface area contributed by atoms with Crippen LogP contribution in [0.15, 0.2) is 0 Å². The summed E-state index contributed by atoms with van der Waals surface area (Å²) in [5.74, 6) is 0.547. The van der Waals surface area contributed by atoms with Crippen molar-refractivity contribution < 1.29 is 9.22 Å². The molecule has 8 heavy (non-hydrogen) atoms. The van der Waals surface area contributed by atoms with E-state index in [4.69, 9.17) is 4.11 Å². The Labute approximate surface area is 53.9 Å². The molecule has 3 saturated carbocycles. The molecule has 3 aliphatic rings. The smallest absolute Gasteiger partial charge is 0.0650 e. The van der Waals surface area contributed by atoms with Gasteiger partial charge in [-0.25, -0.2) is 0 Å². The molecule has 0 aromatic carbocycles. The number of hydrogen-bond acceptors (Lipinski definition) is 1. The Kier molecular flexibility index (Phi) is 0.372. The summed E-state index contributed by atoms with van der Waals surface area (Å²) in [7, 11) is 0. The largest absolute Gasteiger partial charge is 0.390 e. The standard InChI is InChI=1S/C7H12O/c1-7(8)4-5-2-6(7)3-5/h5-6,8H,2-4H2,1H3/i1D3. The Balaban J connectivity index is 2.23. The van der Waals surface area contributed by atoms with Crippen LogP contribution in [-0.2, 0) is 0 Å². The number of aliphatic hydroxyl groups is 1. The Morgan fingerprint density at radius 1 is 1.75 bits per heavy atom. The predicted octanol–water partition coefficient (Wildman–Crippen LogP) is 1.17. The van der Waals surface area contributed by atoms with E-state index in [0.717, 1.165) is 12.8 Å². The highest BCUT2D eigenvalue weighted by Crippen LogP contribution is 2.54. The second-order valence-electron chi connectivity index (χ2n) is 3.16. The molecule has 2 bridgehead atoms. The Morgan fingerprint density at radius 3 is 2.75 bits per heavy atom. The Hall–Kier alpha value is -0.0400. The second-order valence-corrected chi connectivity index (χ2v) is 3.16. The minimum absolute atomic E-state index is 0.0556. The van der Waals surface area contributed by atoms with Crippen LogP contribution >= 0.6 is 0 Å². The molecule has 1 unspecified atom stereocenters. The second kappa shape index (κ2) is 1.10. The van der Waals surface area contributed by atoms with Crippen molar-refractivity contribution in [2.24, 2.45) is 11.8 Å². The van der Waals surface area contributed by atoms with E-state index in [0.29, 0.717) is 12.3 Å². The van der Waals surface area contributed by atoms with Crippen LogP contribution in [0.3, 0.4) is 0 Å². The van der Waals surface area contributed by atoms with Crippen LogP contribution in [0, 0.1) is 11.8 Å². The van der Waals surface area contributed by atoms with Gasteiger partial charge in [0.25, 0.3) is 0 Å². The summed E-state index contributed by atoms with van der Waals surface area (Å²) in [6.07, 6.45) is 2.35. The third kappa shape index (κ3) is 0.408. The maximum Gasteiger partial charge on any atom is 0.0650 e. The van der Waals surface area contributed by atoms with Gasteiger partial charge in [0, 0.05) is 4.11 Å².